The smallest absolute Gasteiger partial charge is 0.253 e. The van der Waals surface area contributed by atoms with Gasteiger partial charge in [0.15, 0.2) is 0 Å². The van der Waals surface area contributed by atoms with Crippen LogP contribution >= 0.6 is 0 Å². The summed E-state index contributed by atoms with van der Waals surface area (Å²) in [7, 11) is 0.107. The summed E-state index contributed by atoms with van der Waals surface area (Å²) in [6.07, 6.45) is 2.73. The van der Waals surface area contributed by atoms with Gasteiger partial charge in [-0.05, 0) is 71.1 Å². The van der Waals surface area contributed by atoms with Crippen LogP contribution in [0.1, 0.15) is 27.9 Å². The van der Waals surface area contributed by atoms with Crippen LogP contribution in [0.15, 0.2) is 54.6 Å². The fourth-order valence-electron chi connectivity index (χ4n) is 4.10. The first-order chi connectivity index (χ1) is 14.8. The Morgan fingerprint density at radius 2 is 1.81 bits per heavy atom. The number of fused-ring (bicyclic) bond motifs is 2. The molecule has 0 spiro atoms. The van der Waals surface area contributed by atoms with E-state index in [1.165, 1.54) is 10.6 Å². The summed E-state index contributed by atoms with van der Waals surface area (Å²) in [4.78, 5) is 14.7. The molecule has 0 radical (unpaired) electrons. The van der Waals surface area contributed by atoms with Crippen LogP contribution in [-0.4, -0.2) is 46.2 Å². The fraction of sp³-hybridized carbons (Fsp3) is 0.292. The summed E-state index contributed by atoms with van der Waals surface area (Å²) in [5, 5.41) is 2.18. The van der Waals surface area contributed by atoms with Gasteiger partial charge in [0.05, 0.1) is 19.1 Å². The van der Waals surface area contributed by atoms with Gasteiger partial charge in [-0.15, -0.1) is 0 Å². The monoisotopic (exact) mass is 438 g/mol. The van der Waals surface area contributed by atoms with E-state index >= 15 is 0 Å². The minimum atomic E-state index is -3.32. The number of ether oxygens (including phenoxy) is 1. The highest BCUT2D eigenvalue weighted by Crippen LogP contribution is 2.30. The number of aryl methyl sites for hydroxylation is 1. The predicted octanol–water partition coefficient (Wildman–Crippen LogP) is 3.83. The summed E-state index contributed by atoms with van der Waals surface area (Å²) in [5.74, 6) is 0.725. The zero-order chi connectivity index (χ0) is 22.2. The Morgan fingerprint density at radius 3 is 2.55 bits per heavy atom. The lowest BCUT2D eigenvalue weighted by molar-refractivity contribution is 0.0785. The third-order valence-electron chi connectivity index (χ3n) is 5.68. The highest BCUT2D eigenvalue weighted by Gasteiger charge is 2.25. The molecule has 0 unspecified atom stereocenters. The molecule has 0 saturated carbocycles. The number of carbonyl (C=O) groups excluding carboxylic acids is 1. The van der Waals surface area contributed by atoms with E-state index in [-0.39, 0.29) is 5.91 Å². The van der Waals surface area contributed by atoms with Crippen molar-refractivity contribution in [1.82, 2.24) is 4.90 Å². The highest BCUT2D eigenvalue weighted by atomic mass is 32.2. The van der Waals surface area contributed by atoms with Gasteiger partial charge in [0.2, 0.25) is 10.0 Å². The topological polar surface area (TPSA) is 66.9 Å². The van der Waals surface area contributed by atoms with Gasteiger partial charge in [0, 0.05) is 25.7 Å². The van der Waals surface area contributed by atoms with E-state index in [1.807, 2.05) is 36.4 Å². The van der Waals surface area contributed by atoms with Crippen molar-refractivity contribution < 1.29 is 17.9 Å². The molecule has 0 bridgehead atoms. The zero-order valence-electron chi connectivity index (χ0n) is 18.0. The molecule has 0 atom stereocenters. The van der Waals surface area contributed by atoms with Crippen LogP contribution in [0.2, 0.25) is 0 Å². The average molecular weight is 439 g/mol. The van der Waals surface area contributed by atoms with Crippen molar-refractivity contribution >= 4 is 32.4 Å². The number of carbonyl (C=O) groups is 1. The lowest BCUT2D eigenvalue weighted by Gasteiger charge is -2.29. The highest BCUT2D eigenvalue weighted by molar-refractivity contribution is 7.92. The molecular weight excluding hydrogens is 412 g/mol. The first-order valence-electron chi connectivity index (χ1n) is 10.2. The third-order valence-corrected chi connectivity index (χ3v) is 6.86. The van der Waals surface area contributed by atoms with Gasteiger partial charge in [-0.2, -0.15) is 0 Å². The van der Waals surface area contributed by atoms with Gasteiger partial charge in [0.1, 0.15) is 5.75 Å². The molecule has 3 aromatic rings. The van der Waals surface area contributed by atoms with Crippen molar-refractivity contribution in [2.75, 3.05) is 31.3 Å². The Hall–Kier alpha value is -3.06. The lowest BCUT2D eigenvalue weighted by atomic mass is 10.00. The molecule has 31 heavy (non-hydrogen) atoms. The average Bonchev–Trinajstić information content (AvgIpc) is 2.76. The summed E-state index contributed by atoms with van der Waals surface area (Å²) >= 11 is 0. The Bertz CT molecular complexity index is 1250. The first-order valence-corrected chi connectivity index (χ1v) is 12.0. The largest absolute Gasteiger partial charge is 0.497 e. The third kappa shape index (κ3) is 4.37. The van der Waals surface area contributed by atoms with E-state index in [9.17, 15) is 13.2 Å². The molecule has 0 N–H and O–H groups in total. The number of methoxy groups -OCH3 is 1. The van der Waals surface area contributed by atoms with E-state index < -0.39 is 10.0 Å². The van der Waals surface area contributed by atoms with E-state index in [0.717, 1.165) is 40.5 Å². The summed E-state index contributed by atoms with van der Waals surface area (Å²) in [5.41, 5.74) is 3.19. The molecule has 6 nitrogen and oxygen atoms in total. The van der Waals surface area contributed by atoms with Crippen molar-refractivity contribution in [2.45, 2.75) is 19.4 Å². The molecule has 0 fully saturated rings. The van der Waals surface area contributed by atoms with E-state index in [0.29, 0.717) is 24.3 Å². The molecule has 1 aliphatic rings. The van der Waals surface area contributed by atoms with Crippen molar-refractivity contribution in [1.29, 1.82) is 0 Å². The maximum absolute atomic E-state index is 13.0. The van der Waals surface area contributed by atoms with Crippen molar-refractivity contribution in [2.24, 2.45) is 0 Å². The van der Waals surface area contributed by atoms with Crippen LogP contribution in [-0.2, 0) is 23.0 Å². The van der Waals surface area contributed by atoms with E-state index in [4.69, 9.17) is 4.74 Å². The molecule has 4 rings (SSSR count). The van der Waals surface area contributed by atoms with Crippen LogP contribution in [0.4, 0.5) is 5.69 Å². The van der Waals surface area contributed by atoms with Gasteiger partial charge in [0.25, 0.3) is 5.91 Å². The first kappa shape index (κ1) is 21.2. The second-order valence-electron chi connectivity index (χ2n) is 7.99. The van der Waals surface area contributed by atoms with Gasteiger partial charge in [-0.1, -0.05) is 18.2 Å². The van der Waals surface area contributed by atoms with Crippen LogP contribution in [0, 0.1) is 0 Å². The standard InChI is InChI=1S/C24H26N2O4S/c1-25(16-17-6-7-19-15-22(30-2)10-8-18(19)13-17)24(27)21-9-11-23-20(14-21)5-4-12-26(23)31(3,28)29/h6-11,13-15H,4-5,12,16H2,1-3H3. The van der Waals surface area contributed by atoms with Crippen LogP contribution in [0.3, 0.4) is 0 Å². The molecule has 0 saturated heterocycles. The number of benzene rings is 3. The molecule has 1 heterocycles. The number of amides is 1. The summed E-state index contributed by atoms with van der Waals surface area (Å²) < 4.78 is 30.8. The molecule has 7 heteroatoms. The Morgan fingerprint density at radius 1 is 1.06 bits per heavy atom. The van der Waals surface area contributed by atoms with Crippen LogP contribution in [0.5, 0.6) is 5.75 Å². The quantitative estimate of drug-likeness (QED) is 0.607. The number of sulfonamides is 1. The predicted molar refractivity (Wildman–Crippen MR) is 123 cm³/mol. The maximum Gasteiger partial charge on any atom is 0.253 e. The maximum atomic E-state index is 13.0. The minimum Gasteiger partial charge on any atom is -0.497 e. The van der Waals surface area contributed by atoms with Gasteiger partial charge >= 0.3 is 0 Å². The van der Waals surface area contributed by atoms with Crippen molar-refractivity contribution in [3.63, 3.8) is 0 Å². The Kier molecular flexibility index (Phi) is 5.62. The van der Waals surface area contributed by atoms with Crippen molar-refractivity contribution in [3.05, 3.63) is 71.3 Å². The normalized spacial score (nSPS) is 13.7. The van der Waals surface area contributed by atoms with Gasteiger partial charge in [-0.3, -0.25) is 9.10 Å². The van der Waals surface area contributed by atoms with Gasteiger partial charge < -0.3 is 9.64 Å². The van der Waals surface area contributed by atoms with E-state index in [1.54, 1.807) is 31.2 Å². The number of anilines is 1. The Labute approximate surface area is 183 Å². The zero-order valence-corrected chi connectivity index (χ0v) is 18.8. The lowest BCUT2D eigenvalue weighted by Crippen LogP contribution is -2.35. The van der Waals surface area contributed by atoms with Gasteiger partial charge in [-0.25, -0.2) is 8.42 Å². The molecule has 1 amide bonds. The Balaban J connectivity index is 1.54. The number of hydrogen-bond acceptors (Lipinski definition) is 4. The van der Waals surface area contributed by atoms with E-state index in [2.05, 4.69) is 6.07 Å². The number of rotatable bonds is 5. The second kappa shape index (κ2) is 8.23. The summed E-state index contributed by atoms with van der Waals surface area (Å²) in [6.45, 7) is 0.959. The minimum absolute atomic E-state index is 0.0888. The molecule has 1 aliphatic heterocycles. The van der Waals surface area contributed by atoms with Crippen molar-refractivity contribution in [3.8, 4) is 5.75 Å². The molecule has 0 aromatic heterocycles. The molecule has 3 aromatic carbocycles. The molecular formula is C24H26N2O4S. The van der Waals surface area contributed by atoms with Crippen LogP contribution in [0.25, 0.3) is 10.8 Å². The SMILES string of the molecule is COc1ccc2cc(CN(C)C(=O)c3ccc4c(c3)CCCN4S(C)(=O)=O)ccc2c1. The molecule has 162 valence electrons. The number of hydrogen-bond donors (Lipinski definition) is 0. The fourth-order valence-corrected chi connectivity index (χ4v) is 5.10. The van der Waals surface area contributed by atoms with Crippen LogP contribution < -0.4 is 9.04 Å². The number of nitrogens with zero attached hydrogens (tertiary/aromatic N) is 2. The second-order valence-corrected chi connectivity index (χ2v) is 9.90. The summed E-state index contributed by atoms with van der Waals surface area (Å²) in [6, 6.07) is 17.3. The molecule has 0 aliphatic carbocycles.